The number of carboxylic acid groups (broad SMARTS) is 1. The minimum absolute atomic E-state index is 0.314. The molecular formula is C13H20F3NO3. The van der Waals surface area contributed by atoms with Gasteiger partial charge in [0, 0.05) is 12.6 Å². The number of hydrogen-bond acceptors (Lipinski definition) is 3. The highest BCUT2D eigenvalue weighted by Gasteiger charge is 2.43. The summed E-state index contributed by atoms with van der Waals surface area (Å²) in [5.74, 6) is -1.22. The summed E-state index contributed by atoms with van der Waals surface area (Å²) in [4.78, 5) is 11.9. The summed E-state index contributed by atoms with van der Waals surface area (Å²) in [6, 6.07) is -0.362. The Bertz CT molecular complexity index is 353. The van der Waals surface area contributed by atoms with Gasteiger partial charge in [-0.05, 0) is 25.7 Å². The quantitative estimate of drug-likeness (QED) is 0.865. The molecule has 116 valence electrons. The number of aliphatic carboxylic acids is 1. The molecule has 2 aliphatic rings. The minimum Gasteiger partial charge on any atom is -0.480 e. The molecule has 1 unspecified atom stereocenters. The fourth-order valence-corrected chi connectivity index (χ4v) is 3.40. The first-order valence-corrected chi connectivity index (χ1v) is 6.96. The summed E-state index contributed by atoms with van der Waals surface area (Å²) in [5, 5.41) is 8.83. The lowest BCUT2D eigenvalue weighted by molar-refractivity contribution is -0.170. The molecule has 1 heterocycles. The monoisotopic (exact) mass is 295 g/mol. The molecule has 0 amide bonds. The number of carbonyl (C=O) groups is 1. The Hall–Kier alpha value is -0.820. The van der Waals surface area contributed by atoms with E-state index in [2.05, 4.69) is 0 Å². The maximum Gasteiger partial charge on any atom is 0.401 e. The van der Waals surface area contributed by atoms with Crippen molar-refractivity contribution >= 4 is 5.97 Å². The van der Waals surface area contributed by atoms with Gasteiger partial charge in [0.15, 0.2) is 0 Å². The zero-order valence-electron chi connectivity index (χ0n) is 11.3. The van der Waals surface area contributed by atoms with Gasteiger partial charge in [-0.3, -0.25) is 9.69 Å². The summed E-state index contributed by atoms with van der Waals surface area (Å²) >= 11 is 0. The van der Waals surface area contributed by atoms with Crippen LogP contribution < -0.4 is 0 Å². The van der Waals surface area contributed by atoms with Crippen molar-refractivity contribution in [3.05, 3.63) is 0 Å². The lowest BCUT2D eigenvalue weighted by Gasteiger charge is -2.42. The minimum atomic E-state index is -4.38. The summed E-state index contributed by atoms with van der Waals surface area (Å²) < 4.78 is 43.6. The molecule has 1 N–H and O–H groups in total. The standard InChI is InChI=1S/C13H20F3NO3/c14-13(15,16)9-17(8-11(18)19)10-3-6-20-12(7-10)4-1-2-5-12/h10H,1-9H2,(H,18,19). The Morgan fingerprint density at radius 3 is 2.55 bits per heavy atom. The van der Waals surface area contributed by atoms with Crippen LogP contribution in [0, 0.1) is 0 Å². The smallest absolute Gasteiger partial charge is 0.401 e. The first-order valence-electron chi connectivity index (χ1n) is 6.96. The van der Waals surface area contributed by atoms with E-state index in [4.69, 9.17) is 9.84 Å². The third kappa shape index (κ3) is 4.09. The van der Waals surface area contributed by atoms with Crippen LogP contribution in [0.15, 0.2) is 0 Å². The molecule has 2 fully saturated rings. The van der Waals surface area contributed by atoms with Crippen molar-refractivity contribution in [3.8, 4) is 0 Å². The van der Waals surface area contributed by atoms with Gasteiger partial charge < -0.3 is 9.84 Å². The summed E-state index contributed by atoms with van der Waals surface area (Å²) in [6.45, 7) is -1.32. The Balaban J connectivity index is 2.05. The predicted molar refractivity (Wildman–Crippen MR) is 65.4 cm³/mol. The zero-order chi connectivity index (χ0) is 14.8. The fourth-order valence-electron chi connectivity index (χ4n) is 3.40. The van der Waals surface area contributed by atoms with Gasteiger partial charge in [0.05, 0.1) is 18.7 Å². The molecule has 20 heavy (non-hydrogen) atoms. The molecule has 1 spiro atoms. The first kappa shape index (κ1) is 15.6. The topological polar surface area (TPSA) is 49.8 Å². The van der Waals surface area contributed by atoms with Gasteiger partial charge in [-0.1, -0.05) is 12.8 Å². The Morgan fingerprint density at radius 2 is 2.00 bits per heavy atom. The van der Waals surface area contributed by atoms with Crippen molar-refractivity contribution in [2.45, 2.75) is 56.3 Å². The van der Waals surface area contributed by atoms with E-state index in [1.807, 2.05) is 0 Å². The van der Waals surface area contributed by atoms with Gasteiger partial charge in [-0.2, -0.15) is 13.2 Å². The number of rotatable bonds is 4. The Labute approximate surface area is 115 Å². The number of nitrogens with zero attached hydrogens (tertiary/aromatic N) is 1. The van der Waals surface area contributed by atoms with Crippen LogP contribution in [0.5, 0.6) is 0 Å². The SMILES string of the molecule is O=C(O)CN(CC(F)(F)F)C1CCOC2(CCCC2)C1. The highest BCUT2D eigenvalue weighted by atomic mass is 19.4. The summed E-state index contributed by atoms with van der Waals surface area (Å²) in [7, 11) is 0. The van der Waals surface area contributed by atoms with Crippen LogP contribution in [-0.2, 0) is 9.53 Å². The molecule has 4 nitrogen and oxygen atoms in total. The van der Waals surface area contributed by atoms with Crippen molar-refractivity contribution in [2.24, 2.45) is 0 Å². The van der Waals surface area contributed by atoms with Crippen LogP contribution in [0.3, 0.4) is 0 Å². The summed E-state index contributed by atoms with van der Waals surface area (Å²) in [6.07, 6.45) is 0.404. The van der Waals surface area contributed by atoms with Gasteiger partial charge in [0.1, 0.15) is 0 Å². The molecule has 0 aromatic rings. The molecule has 1 saturated carbocycles. The van der Waals surface area contributed by atoms with E-state index in [1.165, 1.54) is 0 Å². The first-order chi connectivity index (χ1) is 9.30. The number of ether oxygens (including phenoxy) is 1. The van der Waals surface area contributed by atoms with Crippen molar-refractivity contribution in [1.29, 1.82) is 0 Å². The van der Waals surface area contributed by atoms with Crippen molar-refractivity contribution < 1.29 is 27.8 Å². The predicted octanol–water partition coefficient (Wildman–Crippen LogP) is 2.43. The number of hydrogen-bond donors (Lipinski definition) is 1. The number of carboxylic acids is 1. The van der Waals surface area contributed by atoms with Crippen LogP contribution >= 0.6 is 0 Å². The molecule has 0 aromatic carbocycles. The average Bonchev–Trinajstić information content (AvgIpc) is 2.74. The second-order valence-electron chi connectivity index (χ2n) is 5.80. The van der Waals surface area contributed by atoms with Gasteiger partial charge in [0.25, 0.3) is 0 Å². The third-order valence-corrected chi connectivity index (χ3v) is 4.22. The lowest BCUT2D eigenvalue weighted by atomic mass is 9.88. The van der Waals surface area contributed by atoms with E-state index in [-0.39, 0.29) is 11.6 Å². The van der Waals surface area contributed by atoms with Crippen molar-refractivity contribution in [2.75, 3.05) is 19.7 Å². The fraction of sp³-hybridized carbons (Fsp3) is 0.923. The normalized spacial score (nSPS) is 26.3. The van der Waals surface area contributed by atoms with Crippen LogP contribution in [0.25, 0.3) is 0 Å². The van der Waals surface area contributed by atoms with Crippen LogP contribution in [0.2, 0.25) is 0 Å². The molecule has 1 aliphatic carbocycles. The Kier molecular flexibility index (Phi) is 4.59. The molecule has 1 aliphatic heterocycles. The van der Waals surface area contributed by atoms with Gasteiger partial charge in [-0.15, -0.1) is 0 Å². The van der Waals surface area contributed by atoms with Crippen molar-refractivity contribution in [1.82, 2.24) is 4.90 Å². The molecule has 0 bridgehead atoms. The van der Waals surface area contributed by atoms with E-state index in [0.29, 0.717) is 19.4 Å². The van der Waals surface area contributed by atoms with Crippen LogP contribution in [-0.4, -0.2) is 53.5 Å². The van der Waals surface area contributed by atoms with Crippen LogP contribution in [0.1, 0.15) is 38.5 Å². The molecule has 0 aromatic heterocycles. The van der Waals surface area contributed by atoms with Crippen LogP contribution in [0.4, 0.5) is 13.2 Å². The van der Waals surface area contributed by atoms with E-state index >= 15 is 0 Å². The molecule has 1 saturated heterocycles. The lowest BCUT2D eigenvalue weighted by Crippen LogP contribution is -2.51. The zero-order valence-corrected chi connectivity index (χ0v) is 11.3. The van der Waals surface area contributed by atoms with Crippen molar-refractivity contribution in [3.63, 3.8) is 0 Å². The molecule has 0 radical (unpaired) electrons. The van der Waals surface area contributed by atoms with Gasteiger partial charge >= 0.3 is 12.1 Å². The maximum absolute atomic E-state index is 12.6. The largest absolute Gasteiger partial charge is 0.480 e. The highest BCUT2D eigenvalue weighted by molar-refractivity contribution is 5.69. The average molecular weight is 295 g/mol. The number of alkyl halides is 3. The van der Waals surface area contributed by atoms with E-state index in [1.54, 1.807) is 0 Å². The number of halogens is 3. The maximum atomic E-state index is 12.6. The summed E-state index contributed by atoms with van der Waals surface area (Å²) in [5.41, 5.74) is -0.314. The molecule has 2 rings (SSSR count). The van der Waals surface area contributed by atoms with Gasteiger partial charge in [-0.25, -0.2) is 0 Å². The molecule has 1 atom stereocenters. The van der Waals surface area contributed by atoms with Gasteiger partial charge in [0.2, 0.25) is 0 Å². The van der Waals surface area contributed by atoms with E-state index in [9.17, 15) is 18.0 Å². The third-order valence-electron chi connectivity index (χ3n) is 4.22. The second kappa shape index (κ2) is 5.89. The van der Waals surface area contributed by atoms with E-state index in [0.717, 1.165) is 30.6 Å². The Morgan fingerprint density at radius 1 is 1.35 bits per heavy atom. The molecular weight excluding hydrogens is 275 g/mol. The second-order valence-corrected chi connectivity index (χ2v) is 5.80. The molecule has 7 heteroatoms. The highest BCUT2D eigenvalue weighted by Crippen LogP contribution is 2.41. The van der Waals surface area contributed by atoms with E-state index < -0.39 is 25.2 Å².